The van der Waals surface area contributed by atoms with Gasteiger partial charge in [-0.2, -0.15) is 0 Å². The molecular weight excluding hydrogens is 280 g/mol. The summed E-state index contributed by atoms with van der Waals surface area (Å²) in [6.45, 7) is 2.14. The Hall–Kier alpha value is -2.82. The molecule has 0 aliphatic heterocycles. The smallest absolute Gasteiger partial charge is 0.342 e. The molecule has 0 saturated heterocycles. The number of nitrogens with zero attached hydrogens (tertiary/aromatic N) is 2. The molecule has 0 saturated carbocycles. The van der Waals surface area contributed by atoms with E-state index in [0.717, 1.165) is 11.2 Å². The van der Waals surface area contributed by atoms with Crippen LogP contribution in [0.2, 0.25) is 0 Å². The first-order valence-corrected chi connectivity index (χ1v) is 6.92. The van der Waals surface area contributed by atoms with Crippen LogP contribution >= 0.6 is 0 Å². The number of hydrogen-bond donors (Lipinski definition) is 0. The fourth-order valence-corrected chi connectivity index (χ4v) is 2.26. The van der Waals surface area contributed by atoms with Crippen molar-refractivity contribution in [1.29, 1.82) is 0 Å². The number of para-hydroxylation sites is 1. The zero-order chi connectivity index (χ0) is 15.5. The number of pyridine rings is 1. The molecule has 112 valence electrons. The molecule has 3 rings (SSSR count). The lowest BCUT2D eigenvalue weighted by Gasteiger charge is -2.07. The van der Waals surface area contributed by atoms with E-state index in [2.05, 4.69) is 4.98 Å². The SMILES string of the molecule is COc1ccccc1C(=O)OCc1cn2cc(C)ccc2n1. The standard InChI is InChI=1S/C17H16N2O3/c1-12-7-8-16-18-13(10-19(16)9-12)11-22-17(20)14-5-3-4-6-15(14)21-2/h3-10H,11H2,1-2H3. The number of methoxy groups -OCH3 is 1. The van der Waals surface area contributed by atoms with Crippen molar-refractivity contribution in [3.63, 3.8) is 0 Å². The number of aryl methyl sites for hydroxylation is 1. The summed E-state index contributed by atoms with van der Waals surface area (Å²) < 4.78 is 12.4. The molecule has 2 heterocycles. The molecule has 0 unspecified atom stereocenters. The third-order valence-corrected chi connectivity index (χ3v) is 3.33. The van der Waals surface area contributed by atoms with Gasteiger partial charge in [-0.15, -0.1) is 0 Å². The van der Waals surface area contributed by atoms with E-state index in [4.69, 9.17) is 9.47 Å². The average Bonchev–Trinajstić information content (AvgIpc) is 2.94. The van der Waals surface area contributed by atoms with E-state index in [-0.39, 0.29) is 6.61 Å². The molecule has 2 aromatic heterocycles. The first-order chi connectivity index (χ1) is 10.7. The van der Waals surface area contributed by atoms with Crippen LogP contribution in [0.15, 0.2) is 48.8 Å². The molecule has 1 aromatic carbocycles. The number of hydrogen-bond acceptors (Lipinski definition) is 4. The fourth-order valence-electron chi connectivity index (χ4n) is 2.26. The maximum atomic E-state index is 12.1. The van der Waals surface area contributed by atoms with Gasteiger partial charge < -0.3 is 13.9 Å². The molecule has 0 aliphatic rings. The predicted molar refractivity (Wildman–Crippen MR) is 82.0 cm³/mol. The summed E-state index contributed by atoms with van der Waals surface area (Å²) in [5, 5.41) is 0. The minimum Gasteiger partial charge on any atom is -0.496 e. The normalized spacial score (nSPS) is 10.6. The van der Waals surface area contributed by atoms with Gasteiger partial charge in [0.05, 0.1) is 12.8 Å². The first-order valence-electron chi connectivity index (χ1n) is 6.92. The van der Waals surface area contributed by atoms with E-state index in [0.29, 0.717) is 17.0 Å². The van der Waals surface area contributed by atoms with Gasteiger partial charge in [0, 0.05) is 12.4 Å². The highest BCUT2D eigenvalue weighted by Crippen LogP contribution is 2.19. The highest BCUT2D eigenvalue weighted by molar-refractivity contribution is 5.92. The van der Waals surface area contributed by atoms with Crippen LogP contribution in [-0.2, 0) is 11.3 Å². The van der Waals surface area contributed by atoms with Crippen molar-refractivity contribution in [2.45, 2.75) is 13.5 Å². The van der Waals surface area contributed by atoms with E-state index in [9.17, 15) is 4.79 Å². The van der Waals surface area contributed by atoms with Crippen molar-refractivity contribution in [3.05, 3.63) is 65.6 Å². The minimum absolute atomic E-state index is 0.123. The predicted octanol–water partition coefficient (Wildman–Crippen LogP) is 3.01. The third kappa shape index (κ3) is 2.79. The average molecular weight is 296 g/mol. The Morgan fingerprint density at radius 1 is 1.18 bits per heavy atom. The van der Waals surface area contributed by atoms with Gasteiger partial charge in [-0.1, -0.05) is 18.2 Å². The summed E-state index contributed by atoms with van der Waals surface area (Å²) in [5.74, 6) is 0.0730. The van der Waals surface area contributed by atoms with Gasteiger partial charge in [-0.3, -0.25) is 0 Å². The lowest BCUT2D eigenvalue weighted by molar-refractivity contribution is 0.0464. The maximum Gasteiger partial charge on any atom is 0.342 e. The lowest BCUT2D eigenvalue weighted by Crippen LogP contribution is -2.07. The van der Waals surface area contributed by atoms with Crippen LogP contribution in [0.1, 0.15) is 21.6 Å². The van der Waals surface area contributed by atoms with Gasteiger partial charge in [-0.05, 0) is 30.7 Å². The van der Waals surface area contributed by atoms with Crippen LogP contribution in [0.5, 0.6) is 5.75 Å². The molecule has 0 bridgehead atoms. The molecule has 0 amide bonds. The van der Waals surface area contributed by atoms with Crippen LogP contribution < -0.4 is 4.74 Å². The number of esters is 1. The van der Waals surface area contributed by atoms with E-state index in [1.54, 1.807) is 24.3 Å². The Kier molecular flexibility index (Phi) is 3.78. The molecule has 0 spiro atoms. The monoisotopic (exact) mass is 296 g/mol. The van der Waals surface area contributed by atoms with Crippen molar-refractivity contribution in [1.82, 2.24) is 9.38 Å². The molecule has 0 radical (unpaired) electrons. The Balaban J connectivity index is 1.74. The third-order valence-electron chi connectivity index (χ3n) is 3.33. The van der Waals surface area contributed by atoms with Gasteiger partial charge in [0.15, 0.2) is 0 Å². The summed E-state index contributed by atoms with van der Waals surface area (Å²) in [6, 6.07) is 10.9. The Labute approximate surface area is 128 Å². The summed E-state index contributed by atoms with van der Waals surface area (Å²) in [6.07, 6.45) is 3.84. The van der Waals surface area contributed by atoms with Crippen molar-refractivity contribution in [2.75, 3.05) is 7.11 Å². The van der Waals surface area contributed by atoms with Crippen LogP contribution in [0.25, 0.3) is 5.65 Å². The molecular formula is C17H16N2O3. The molecule has 0 fully saturated rings. The number of imidazole rings is 1. The quantitative estimate of drug-likeness (QED) is 0.694. The number of rotatable bonds is 4. The van der Waals surface area contributed by atoms with Crippen LogP contribution in [0.3, 0.4) is 0 Å². The maximum absolute atomic E-state index is 12.1. The Bertz CT molecular complexity index is 824. The number of ether oxygens (including phenoxy) is 2. The molecule has 5 nitrogen and oxygen atoms in total. The number of benzene rings is 1. The van der Waals surface area contributed by atoms with Crippen LogP contribution in [0, 0.1) is 6.92 Å². The zero-order valence-corrected chi connectivity index (χ0v) is 12.4. The molecule has 0 aliphatic carbocycles. The minimum atomic E-state index is -0.425. The van der Waals surface area contributed by atoms with Crippen LogP contribution in [-0.4, -0.2) is 22.5 Å². The first kappa shape index (κ1) is 14.1. The van der Waals surface area contributed by atoms with E-state index >= 15 is 0 Å². The van der Waals surface area contributed by atoms with Crippen molar-refractivity contribution in [2.24, 2.45) is 0 Å². The van der Waals surface area contributed by atoms with Crippen LogP contribution in [0.4, 0.5) is 0 Å². The van der Waals surface area contributed by atoms with Crippen molar-refractivity contribution in [3.8, 4) is 5.75 Å². The summed E-state index contributed by atoms with van der Waals surface area (Å²) >= 11 is 0. The molecule has 22 heavy (non-hydrogen) atoms. The number of aromatic nitrogens is 2. The molecule has 0 atom stereocenters. The Morgan fingerprint density at radius 3 is 2.82 bits per heavy atom. The van der Waals surface area contributed by atoms with E-state index in [1.165, 1.54) is 7.11 Å². The zero-order valence-electron chi connectivity index (χ0n) is 12.4. The van der Waals surface area contributed by atoms with E-state index < -0.39 is 5.97 Å². The topological polar surface area (TPSA) is 52.8 Å². The highest BCUT2D eigenvalue weighted by Gasteiger charge is 2.13. The van der Waals surface area contributed by atoms with Gasteiger partial charge >= 0.3 is 5.97 Å². The lowest BCUT2D eigenvalue weighted by atomic mass is 10.2. The number of carbonyl (C=O) groups is 1. The van der Waals surface area contributed by atoms with Crippen molar-refractivity contribution >= 4 is 11.6 Å². The van der Waals surface area contributed by atoms with Gasteiger partial charge in [-0.25, -0.2) is 9.78 Å². The van der Waals surface area contributed by atoms with E-state index in [1.807, 2.05) is 35.9 Å². The number of fused-ring (bicyclic) bond motifs is 1. The molecule has 3 aromatic rings. The summed E-state index contributed by atoms with van der Waals surface area (Å²) in [5.41, 5.74) is 3.08. The van der Waals surface area contributed by atoms with Gasteiger partial charge in [0.25, 0.3) is 0 Å². The number of carbonyl (C=O) groups excluding carboxylic acids is 1. The summed E-state index contributed by atoms with van der Waals surface area (Å²) in [4.78, 5) is 16.5. The Morgan fingerprint density at radius 2 is 2.00 bits per heavy atom. The second-order valence-electron chi connectivity index (χ2n) is 4.98. The second kappa shape index (κ2) is 5.89. The summed E-state index contributed by atoms with van der Waals surface area (Å²) in [7, 11) is 1.52. The second-order valence-corrected chi connectivity index (χ2v) is 4.98. The molecule has 5 heteroatoms. The van der Waals surface area contributed by atoms with Gasteiger partial charge in [0.1, 0.15) is 23.6 Å². The fraction of sp³-hybridized carbons (Fsp3) is 0.176. The van der Waals surface area contributed by atoms with Crippen molar-refractivity contribution < 1.29 is 14.3 Å². The molecule has 0 N–H and O–H groups in total. The largest absolute Gasteiger partial charge is 0.496 e. The highest BCUT2D eigenvalue weighted by atomic mass is 16.5. The van der Waals surface area contributed by atoms with Gasteiger partial charge in [0.2, 0.25) is 0 Å².